The Morgan fingerprint density at radius 3 is 1.07 bits per heavy atom. The van der Waals surface area contributed by atoms with Gasteiger partial charge in [-0.2, -0.15) is 65.9 Å². The highest BCUT2D eigenvalue weighted by Crippen LogP contribution is 2.55. The van der Waals surface area contributed by atoms with Crippen molar-refractivity contribution in [1.29, 1.82) is 0 Å². The van der Waals surface area contributed by atoms with E-state index in [1.807, 2.05) is 0 Å². The molecule has 2 atom stereocenters. The lowest BCUT2D eigenvalue weighted by Crippen LogP contribution is -2.69. The smallest absolute Gasteiger partial charge is 0.330 e. The number of hydrogen-bond donors (Lipinski definition) is 0. The van der Waals surface area contributed by atoms with Crippen molar-refractivity contribution < 1.29 is 79.4 Å². The molecule has 0 aromatic heterocycles. The van der Waals surface area contributed by atoms with Gasteiger partial charge in [-0.15, -0.1) is 0 Å². The van der Waals surface area contributed by atoms with Crippen LogP contribution < -0.4 is 0 Å². The molecule has 0 aromatic rings. The van der Waals surface area contributed by atoms with Crippen LogP contribution in [-0.4, -0.2) is 54.9 Å². The van der Waals surface area contributed by atoms with E-state index in [0.717, 1.165) is 0 Å². The average molecular weight is 450 g/mol. The highest BCUT2D eigenvalue weighted by Gasteiger charge is 2.85. The maximum atomic E-state index is 13.5. The van der Waals surface area contributed by atoms with Crippen molar-refractivity contribution >= 4 is 0 Å². The Kier molecular flexibility index (Phi) is 6.38. The summed E-state index contributed by atoms with van der Waals surface area (Å²) in [5.41, 5.74) is -7.68. The van der Waals surface area contributed by atoms with Crippen LogP contribution in [0.2, 0.25) is 0 Å². The van der Waals surface area contributed by atoms with Crippen LogP contribution in [-0.2, 0) is 4.74 Å². The third-order valence-corrected chi connectivity index (χ3v) is 2.77. The summed E-state index contributed by atoms with van der Waals surface area (Å²) in [4.78, 5) is 0. The second kappa shape index (κ2) is 6.68. The van der Waals surface area contributed by atoms with Gasteiger partial charge in [-0.1, -0.05) is 0 Å². The first kappa shape index (κ1) is 25.8. The Labute approximate surface area is 136 Å². The fourth-order valence-electron chi connectivity index (χ4n) is 1.28. The molecule has 2 unspecified atom stereocenters. The molecule has 0 heterocycles. The first-order chi connectivity index (χ1) is 11.4. The quantitative estimate of drug-likeness (QED) is 0.496. The van der Waals surface area contributed by atoms with Crippen LogP contribution in [0, 0.1) is 0 Å². The third-order valence-electron chi connectivity index (χ3n) is 2.77. The fraction of sp³-hybridized carbons (Fsp3) is 1.00. The SMILES string of the molecule is FC(C(F)(OCC(F)(F)C(F)(F)F)C(F)(F)F)C(F)(C(F)(F)F)C(F)(F)F. The van der Waals surface area contributed by atoms with Crippen molar-refractivity contribution in [2.24, 2.45) is 0 Å². The normalized spacial score (nSPS) is 19.0. The molecule has 0 saturated heterocycles. The minimum atomic E-state index is -7.68. The predicted molar refractivity (Wildman–Crippen MR) is 47.7 cm³/mol. The van der Waals surface area contributed by atoms with Crippen LogP contribution >= 0.6 is 0 Å². The summed E-state index contributed by atoms with van der Waals surface area (Å²) in [6.45, 7) is -3.92. The van der Waals surface area contributed by atoms with E-state index in [9.17, 15) is 74.6 Å². The molecule has 0 aliphatic rings. The molecule has 0 radical (unpaired) electrons. The fourth-order valence-corrected chi connectivity index (χ4v) is 1.28. The molecule has 0 fully saturated rings. The third kappa shape index (κ3) is 4.44. The van der Waals surface area contributed by atoms with E-state index < -0.39 is 54.9 Å². The first-order valence-electron chi connectivity index (χ1n) is 5.67. The zero-order valence-electron chi connectivity index (χ0n) is 11.6. The average Bonchev–Trinajstić information content (AvgIpc) is 2.37. The molecule has 0 saturated carbocycles. The predicted octanol–water partition coefficient (Wildman–Crippen LogP) is 5.60. The molecule has 0 amide bonds. The zero-order chi connectivity index (χ0) is 22.5. The van der Waals surface area contributed by atoms with Gasteiger partial charge in [0, 0.05) is 0 Å². The Morgan fingerprint density at radius 1 is 0.519 bits per heavy atom. The summed E-state index contributed by atoms with van der Waals surface area (Å²) < 4.78 is 212. The molecule has 0 bridgehead atoms. The van der Waals surface area contributed by atoms with E-state index in [1.165, 1.54) is 0 Å². The lowest BCUT2D eigenvalue weighted by Gasteiger charge is -2.39. The molecular weight excluding hydrogens is 447 g/mol. The standard InChI is InChI=1S/C9H3F17O/c10-2(4(13,7(18,19)20)8(21,22)23)5(14,9(24,25)26)27-1-3(11,12)6(15,16)17/h2H,1H2. The molecule has 0 aliphatic carbocycles. The van der Waals surface area contributed by atoms with Crippen LogP contribution in [0.3, 0.4) is 0 Å². The number of ether oxygens (including phenoxy) is 1. The van der Waals surface area contributed by atoms with Gasteiger partial charge < -0.3 is 4.74 Å². The van der Waals surface area contributed by atoms with Crippen molar-refractivity contribution in [3.63, 3.8) is 0 Å². The molecule has 1 nitrogen and oxygen atoms in total. The monoisotopic (exact) mass is 450 g/mol. The molecule has 0 aliphatic heterocycles. The Morgan fingerprint density at radius 2 is 0.852 bits per heavy atom. The van der Waals surface area contributed by atoms with E-state index >= 15 is 0 Å². The Bertz CT molecular complexity index is 494. The summed E-state index contributed by atoms with van der Waals surface area (Å²) in [6.07, 6.45) is -36.1. The Hall–Kier alpha value is -1.23. The van der Waals surface area contributed by atoms with Gasteiger partial charge in [-0.3, -0.25) is 0 Å². The van der Waals surface area contributed by atoms with Crippen molar-refractivity contribution in [2.45, 2.75) is 48.3 Å². The highest BCUT2D eigenvalue weighted by atomic mass is 19.4. The molecule has 0 aromatic carbocycles. The number of halogens is 17. The van der Waals surface area contributed by atoms with Crippen LogP contribution in [0.5, 0.6) is 0 Å². The van der Waals surface area contributed by atoms with Crippen molar-refractivity contribution in [2.75, 3.05) is 6.61 Å². The van der Waals surface area contributed by atoms with Crippen LogP contribution in [0.15, 0.2) is 0 Å². The topological polar surface area (TPSA) is 9.23 Å². The number of hydrogen-bond acceptors (Lipinski definition) is 1. The van der Waals surface area contributed by atoms with E-state index in [2.05, 4.69) is 4.74 Å². The maximum Gasteiger partial charge on any atom is 0.455 e. The second-order valence-corrected chi connectivity index (χ2v) is 4.70. The summed E-state index contributed by atoms with van der Waals surface area (Å²) in [5, 5.41) is 0. The molecule has 0 rings (SSSR count). The minimum Gasteiger partial charge on any atom is -0.330 e. The summed E-state index contributed by atoms with van der Waals surface area (Å²) in [5.74, 6) is -13.7. The number of rotatable bonds is 5. The van der Waals surface area contributed by atoms with Crippen molar-refractivity contribution in [3.05, 3.63) is 0 Å². The maximum absolute atomic E-state index is 13.5. The Balaban J connectivity index is 6.31. The van der Waals surface area contributed by atoms with Gasteiger partial charge in [0.15, 0.2) is 0 Å². The summed E-state index contributed by atoms with van der Waals surface area (Å²) >= 11 is 0. The molecule has 27 heavy (non-hydrogen) atoms. The summed E-state index contributed by atoms with van der Waals surface area (Å²) in [6, 6.07) is 0. The lowest BCUT2D eigenvalue weighted by molar-refractivity contribution is -0.428. The van der Waals surface area contributed by atoms with Gasteiger partial charge >= 0.3 is 42.2 Å². The largest absolute Gasteiger partial charge is 0.455 e. The van der Waals surface area contributed by atoms with Gasteiger partial charge in [0.2, 0.25) is 6.17 Å². The van der Waals surface area contributed by atoms with E-state index in [1.54, 1.807) is 0 Å². The lowest BCUT2D eigenvalue weighted by atomic mass is 9.92. The van der Waals surface area contributed by atoms with E-state index in [0.29, 0.717) is 0 Å². The van der Waals surface area contributed by atoms with Gasteiger partial charge in [0.25, 0.3) is 0 Å². The first-order valence-corrected chi connectivity index (χ1v) is 5.67. The molecular formula is C9H3F17O. The van der Waals surface area contributed by atoms with Gasteiger partial charge in [-0.05, 0) is 0 Å². The van der Waals surface area contributed by atoms with E-state index in [4.69, 9.17) is 0 Å². The van der Waals surface area contributed by atoms with Gasteiger partial charge in [-0.25, -0.2) is 8.78 Å². The van der Waals surface area contributed by atoms with Crippen molar-refractivity contribution in [3.8, 4) is 0 Å². The minimum absolute atomic E-state index is 2.11. The summed E-state index contributed by atoms with van der Waals surface area (Å²) in [7, 11) is 0. The molecule has 164 valence electrons. The molecule has 0 N–H and O–H groups in total. The van der Waals surface area contributed by atoms with Crippen LogP contribution in [0.25, 0.3) is 0 Å². The second-order valence-electron chi connectivity index (χ2n) is 4.70. The van der Waals surface area contributed by atoms with Crippen LogP contribution in [0.1, 0.15) is 0 Å². The van der Waals surface area contributed by atoms with Crippen molar-refractivity contribution in [1.82, 2.24) is 0 Å². The highest BCUT2D eigenvalue weighted by molar-refractivity contribution is 5.08. The molecule has 0 spiro atoms. The number of alkyl halides is 17. The zero-order valence-corrected chi connectivity index (χ0v) is 11.6. The van der Waals surface area contributed by atoms with Gasteiger partial charge in [0.05, 0.1) is 0 Å². The molecule has 18 heteroatoms. The van der Waals surface area contributed by atoms with Gasteiger partial charge in [0.1, 0.15) is 6.61 Å². The van der Waals surface area contributed by atoms with Crippen LogP contribution in [0.4, 0.5) is 74.6 Å². The van der Waals surface area contributed by atoms with E-state index in [-0.39, 0.29) is 0 Å².